The van der Waals surface area contributed by atoms with Crippen molar-refractivity contribution in [2.24, 2.45) is 0 Å². The third-order valence-electron chi connectivity index (χ3n) is 6.03. The number of hydrogen-bond donors (Lipinski definition) is 1. The first-order valence-corrected chi connectivity index (χ1v) is 11.1. The number of nitro groups is 1. The maximum absolute atomic E-state index is 12.8. The SMILES string of the molecule is COc1ccc(CCC(=O)N2CCN(C(C)C(=O)Nc3cc([N+](=O)[O-])ccc3OC)CC2)cc1. The summed E-state index contributed by atoms with van der Waals surface area (Å²) < 4.78 is 10.4. The third-order valence-corrected chi connectivity index (χ3v) is 6.03. The molecule has 10 nitrogen and oxygen atoms in total. The van der Waals surface area contributed by atoms with Gasteiger partial charge in [0, 0.05) is 44.7 Å². The fourth-order valence-electron chi connectivity index (χ4n) is 3.87. The highest BCUT2D eigenvalue weighted by atomic mass is 16.6. The van der Waals surface area contributed by atoms with Crippen molar-refractivity contribution in [2.45, 2.75) is 25.8 Å². The van der Waals surface area contributed by atoms with Gasteiger partial charge in [-0.2, -0.15) is 0 Å². The first-order chi connectivity index (χ1) is 16.3. The minimum Gasteiger partial charge on any atom is -0.497 e. The van der Waals surface area contributed by atoms with Crippen molar-refractivity contribution in [1.29, 1.82) is 0 Å². The van der Waals surface area contributed by atoms with E-state index in [0.717, 1.165) is 11.3 Å². The molecule has 0 bridgehead atoms. The maximum atomic E-state index is 12.8. The van der Waals surface area contributed by atoms with Crippen LogP contribution in [0.1, 0.15) is 18.9 Å². The summed E-state index contributed by atoms with van der Waals surface area (Å²) in [6.07, 6.45) is 1.09. The molecule has 0 aliphatic carbocycles. The number of nitrogens with one attached hydrogen (secondary N) is 1. The summed E-state index contributed by atoms with van der Waals surface area (Å²) in [6, 6.07) is 11.3. The Bertz CT molecular complexity index is 1020. The Morgan fingerprint density at radius 1 is 1.06 bits per heavy atom. The Morgan fingerprint density at radius 3 is 2.32 bits per heavy atom. The van der Waals surface area contributed by atoms with E-state index in [0.29, 0.717) is 44.8 Å². The molecule has 1 aliphatic rings. The van der Waals surface area contributed by atoms with E-state index in [4.69, 9.17) is 9.47 Å². The molecule has 1 heterocycles. The zero-order valence-corrected chi connectivity index (χ0v) is 19.7. The number of benzene rings is 2. The Hall–Kier alpha value is -3.66. The number of nitrogens with zero attached hydrogens (tertiary/aromatic N) is 3. The molecule has 2 amide bonds. The number of aryl methyl sites for hydroxylation is 1. The monoisotopic (exact) mass is 470 g/mol. The molecule has 1 unspecified atom stereocenters. The van der Waals surface area contributed by atoms with Crippen molar-refractivity contribution in [2.75, 3.05) is 45.7 Å². The van der Waals surface area contributed by atoms with Crippen LogP contribution in [-0.4, -0.2) is 73.0 Å². The number of methoxy groups -OCH3 is 2. The van der Waals surface area contributed by atoms with Crippen LogP contribution in [0.2, 0.25) is 0 Å². The van der Waals surface area contributed by atoms with Gasteiger partial charge >= 0.3 is 0 Å². The van der Waals surface area contributed by atoms with Crippen molar-refractivity contribution < 1.29 is 24.0 Å². The lowest BCUT2D eigenvalue weighted by molar-refractivity contribution is -0.384. The van der Waals surface area contributed by atoms with Crippen LogP contribution in [0.5, 0.6) is 11.5 Å². The fraction of sp³-hybridized carbons (Fsp3) is 0.417. The van der Waals surface area contributed by atoms with Crippen molar-refractivity contribution in [1.82, 2.24) is 9.80 Å². The van der Waals surface area contributed by atoms with Gasteiger partial charge in [0.15, 0.2) is 0 Å². The van der Waals surface area contributed by atoms with E-state index in [9.17, 15) is 19.7 Å². The van der Waals surface area contributed by atoms with Crippen LogP contribution in [-0.2, 0) is 16.0 Å². The van der Waals surface area contributed by atoms with E-state index in [1.54, 1.807) is 14.0 Å². The Labute approximate surface area is 198 Å². The molecule has 10 heteroatoms. The second-order valence-corrected chi connectivity index (χ2v) is 8.07. The number of rotatable bonds is 9. The molecule has 3 rings (SSSR count). The standard InChI is InChI=1S/C24H30N4O6/c1-17(24(30)25-21-16-19(28(31)32)7-10-22(21)34-3)26-12-14-27(15-13-26)23(29)11-6-18-4-8-20(33-2)9-5-18/h4-5,7-10,16-17H,6,11-15H2,1-3H3,(H,25,30). The summed E-state index contributed by atoms with van der Waals surface area (Å²) in [7, 11) is 3.05. The number of anilines is 1. The molecular formula is C24H30N4O6. The van der Waals surface area contributed by atoms with E-state index >= 15 is 0 Å². The van der Waals surface area contributed by atoms with E-state index in [-0.39, 0.29) is 23.2 Å². The van der Waals surface area contributed by atoms with Crippen molar-refractivity contribution in [3.05, 3.63) is 58.1 Å². The normalized spacial score (nSPS) is 14.9. The van der Waals surface area contributed by atoms with Crippen LogP contribution in [0.15, 0.2) is 42.5 Å². The average Bonchev–Trinajstić information content (AvgIpc) is 2.87. The molecule has 0 aromatic heterocycles. The molecular weight excluding hydrogens is 440 g/mol. The number of piperazine rings is 1. The van der Waals surface area contributed by atoms with Crippen molar-refractivity contribution >= 4 is 23.2 Å². The van der Waals surface area contributed by atoms with Gasteiger partial charge in [0.05, 0.1) is 30.9 Å². The van der Waals surface area contributed by atoms with E-state index in [2.05, 4.69) is 5.32 Å². The summed E-state index contributed by atoms with van der Waals surface area (Å²) in [5.74, 6) is 0.929. The number of amides is 2. The maximum Gasteiger partial charge on any atom is 0.271 e. The molecule has 0 saturated carbocycles. The summed E-state index contributed by atoms with van der Waals surface area (Å²) in [5, 5.41) is 13.8. The quantitative estimate of drug-likeness (QED) is 0.443. The van der Waals surface area contributed by atoms with Crippen molar-refractivity contribution in [3.8, 4) is 11.5 Å². The minimum absolute atomic E-state index is 0.0916. The lowest BCUT2D eigenvalue weighted by atomic mass is 10.1. The Kier molecular flexibility index (Phi) is 8.42. The predicted molar refractivity (Wildman–Crippen MR) is 127 cm³/mol. The molecule has 2 aromatic rings. The van der Waals surface area contributed by atoms with Crippen LogP contribution in [0, 0.1) is 10.1 Å². The molecule has 1 N–H and O–H groups in total. The predicted octanol–water partition coefficient (Wildman–Crippen LogP) is 2.72. The first kappa shape index (κ1) is 25.0. The summed E-state index contributed by atoms with van der Waals surface area (Å²) >= 11 is 0. The number of ether oxygens (including phenoxy) is 2. The molecule has 1 atom stereocenters. The molecule has 0 radical (unpaired) electrons. The van der Waals surface area contributed by atoms with Gasteiger partial charge in [0.2, 0.25) is 11.8 Å². The average molecular weight is 471 g/mol. The zero-order chi connectivity index (χ0) is 24.7. The number of carbonyl (C=O) groups excluding carboxylic acids is 2. The highest BCUT2D eigenvalue weighted by Gasteiger charge is 2.28. The van der Waals surface area contributed by atoms with Crippen LogP contribution < -0.4 is 14.8 Å². The van der Waals surface area contributed by atoms with Gasteiger partial charge in [0.25, 0.3) is 5.69 Å². The molecule has 34 heavy (non-hydrogen) atoms. The van der Waals surface area contributed by atoms with Gasteiger partial charge in [-0.25, -0.2) is 0 Å². The molecule has 1 saturated heterocycles. The first-order valence-electron chi connectivity index (χ1n) is 11.1. The third kappa shape index (κ3) is 6.22. The van der Waals surface area contributed by atoms with Crippen LogP contribution in [0.3, 0.4) is 0 Å². The summed E-state index contributed by atoms with van der Waals surface area (Å²) in [4.78, 5) is 39.8. The van der Waals surface area contributed by atoms with Gasteiger partial charge in [-0.3, -0.25) is 24.6 Å². The number of nitro benzene ring substituents is 1. The lowest BCUT2D eigenvalue weighted by Crippen LogP contribution is -2.54. The van der Waals surface area contributed by atoms with E-state index in [1.807, 2.05) is 34.1 Å². The van der Waals surface area contributed by atoms with Gasteiger partial charge in [0.1, 0.15) is 11.5 Å². The second kappa shape index (κ2) is 11.5. The number of hydrogen-bond acceptors (Lipinski definition) is 7. The minimum atomic E-state index is -0.524. The molecule has 2 aromatic carbocycles. The van der Waals surface area contributed by atoms with Gasteiger partial charge < -0.3 is 19.7 Å². The van der Waals surface area contributed by atoms with Gasteiger partial charge in [-0.1, -0.05) is 12.1 Å². The van der Waals surface area contributed by atoms with Gasteiger partial charge in [-0.05, 0) is 37.1 Å². The lowest BCUT2D eigenvalue weighted by Gasteiger charge is -2.37. The van der Waals surface area contributed by atoms with Crippen LogP contribution >= 0.6 is 0 Å². The number of carbonyl (C=O) groups is 2. The Morgan fingerprint density at radius 2 is 1.74 bits per heavy atom. The fourth-order valence-corrected chi connectivity index (χ4v) is 3.87. The highest BCUT2D eigenvalue weighted by molar-refractivity contribution is 5.96. The smallest absolute Gasteiger partial charge is 0.271 e. The Balaban J connectivity index is 1.50. The topological polar surface area (TPSA) is 114 Å². The van der Waals surface area contributed by atoms with E-state index < -0.39 is 11.0 Å². The largest absolute Gasteiger partial charge is 0.497 e. The molecule has 182 valence electrons. The van der Waals surface area contributed by atoms with Gasteiger partial charge in [-0.15, -0.1) is 0 Å². The summed E-state index contributed by atoms with van der Waals surface area (Å²) in [6.45, 7) is 3.99. The van der Waals surface area contributed by atoms with Crippen molar-refractivity contribution in [3.63, 3.8) is 0 Å². The number of non-ortho nitro benzene ring substituents is 1. The van der Waals surface area contributed by atoms with Crippen LogP contribution in [0.4, 0.5) is 11.4 Å². The summed E-state index contributed by atoms with van der Waals surface area (Å²) in [5.41, 5.74) is 1.20. The molecule has 1 fully saturated rings. The second-order valence-electron chi connectivity index (χ2n) is 8.07. The van der Waals surface area contributed by atoms with Crippen LogP contribution in [0.25, 0.3) is 0 Å². The molecule has 0 spiro atoms. The van der Waals surface area contributed by atoms with E-state index in [1.165, 1.54) is 25.3 Å². The highest BCUT2D eigenvalue weighted by Crippen LogP contribution is 2.29. The zero-order valence-electron chi connectivity index (χ0n) is 19.7. The molecule has 1 aliphatic heterocycles.